The predicted octanol–water partition coefficient (Wildman–Crippen LogP) is 2.56. The van der Waals surface area contributed by atoms with Gasteiger partial charge >= 0.3 is 6.03 Å². The molecule has 0 aliphatic rings. The van der Waals surface area contributed by atoms with Gasteiger partial charge in [-0.25, -0.2) is 9.78 Å². The molecule has 0 saturated heterocycles. The Bertz CT molecular complexity index is 858. The first kappa shape index (κ1) is 17.0. The average Bonchev–Trinajstić information content (AvgIpc) is 3.24. The topological polar surface area (TPSA) is 108 Å². The number of carbonyl (C=O) groups excluding carboxylic acids is 1. The Morgan fingerprint density at radius 3 is 2.92 bits per heavy atom. The number of hydrogen-bond donors (Lipinski definition) is 3. The number of nitrogens with zero attached hydrogens (tertiary/aromatic N) is 4. The fraction of sp³-hybridized carbons (Fsp3) is 0.312. The maximum absolute atomic E-state index is 12.0. The van der Waals surface area contributed by atoms with Crippen molar-refractivity contribution in [2.24, 2.45) is 0 Å². The molecule has 2 heterocycles. The summed E-state index contributed by atoms with van der Waals surface area (Å²) in [7, 11) is 0. The molecule has 3 N–H and O–H groups in total. The van der Waals surface area contributed by atoms with E-state index in [2.05, 4.69) is 36.0 Å². The van der Waals surface area contributed by atoms with Gasteiger partial charge in [0.25, 0.3) is 0 Å². The number of amides is 2. The highest BCUT2D eigenvalue weighted by Crippen LogP contribution is 2.19. The van der Waals surface area contributed by atoms with E-state index in [4.69, 9.17) is 0 Å². The molecule has 0 radical (unpaired) electrons. The standard InChI is InChI=1S/C16H19N7OS/c1-3-13-19-15(23-21-13)11-5-4-6-12(9-11)18-16(24)17-8-7-14-22-20-10(2)25-14/h4-6,9H,3,7-8H2,1-2H3,(H2,17,18,24)(H,19,21,23). The predicted molar refractivity (Wildman–Crippen MR) is 96.6 cm³/mol. The zero-order chi connectivity index (χ0) is 17.6. The summed E-state index contributed by atoms with van der Waals surface area (Å²) in [6.07, 6.45) is 1.46. The fourth-order valence-corrected chi connectivity index (χ4v) is 2.92. The molecule has 8 nitrogen and oxygen atoms in total. The van der Waals surface area contributed by atoms with Crippen LogP contribution in [-0.4, -0.2) is 38.0 Å². The summed E-state index contributed by atoms with van der Waals surface area (Å²) in [6, 6.07) is 7.17. The molecule has 0 atom stereocenters. The normalized spacial score (nSPS) is 10.6. The van der Waals surface area contributed by atoms with Gasteiger partial charge in [-0.05, 0) is 19.1 Å². The summed E-state index contributed by atoms with van der Waals surface area (Å²) in [5.41, 5.74) is 1.53. The molecule has 0 saturated carbocycles. The van der Waals surface area contributed by atoms with Crippen LogP contribution in [0.25, 0.3) is 11.4 Å². The molecule has 2 aromatic heterocycles. The first-order valence-electron chi connectivity index (χ1n) is 7.99. The second-order valence-corrected chi connectivity index (χ2v) is 6.65. The van der Waals surface area contributed by atoms with Crippen LogP contribution in [-0.2, 0) is 12.8 Å². The van der Waals surface area contributed by atoms with Crippen molar-refractivity contribution in [3.8, 4) is 11.4 Å². The van der Waals surface area contributed by atoms with E-state index in [-0.39, 0.29) is 6.03 Å². The fourth-order valence-electron chi connectivity index (χ4n) is 2.22. The molecule has 0 fully saturated rings. The third kappa shape index (κ3) is 4.60. The third-order valence-electron chi connectivity index (χ3n) is 3.44. The van der Waals surface area contributed by atoms with Crippen LogP contribution in [0.5, 0.6) is 0 Å². The molecule has 130 valence electrons. The van der Waals surface area contributed by atoms with Crippen molar-refractivity contribution in [3.63, 3.8) is 0 Å². The molecular weight excluding hydrogens is 338 g/mol. The van der Waals surface area contributed by atoms with Gasteiger partial charge in [-0.15, -0.1) is 21.5 Å². The van der Waals surface area contributed by atoms with Gasteiger partial charge < -0.3 is 10.6 Å². The molecule has 9 heteroatoms. The monoisotopic (exact) mass is 357 g/mol. The van der Waals surface area contributed by atoms with Gasteiger partial charge in [-0.3, -0.25) is 5.10 Å². The zero-order valence-corrected chi connectivity index (χ0v) is 14.9. The lowest BCUT2D eigenvalue weighted by Gasteiger charge is -2.07. The van der Waals surface area contributed by atoms with Crippen LogP contribution in [0, 0.1) is 6.92 Å². The Morgan fingerprint density at radius 2 is 2.20 bits per heavy atom. The molecule has 0 bridgehead atoms. The molecule has 2 amide bonds. The minimum absolute atomic E-state index is 0.261. The van der Waals surface area contributed by atoms with E-state index in [0.717, 1.165) is 27.8 Å². The first-order valence-corrected chi connectivity index (χ1v) is 8.81. The van der Waals surface area contributed by atoms with E-state index in [1.54, 1.807) is 0 Å². The molecule has 0 unspecified atom stereocenters. The van der Waals surface area contributed by atoms with Crippen molar-refractivity contribution in [3.05, 3.63) is 40.1 Å². The summed E-state index contributed by atoms with van der Waals surface area (Å²) in [6.45, 7) is 4.42. The molecule has 1 aromatic carbocycles. The van der Waals surface area contributed by atoms with Crippen molar-refractivity contribution >= 4 is 23.1 Å². The van der Waals surface area contributed by atoms with Crippen molar-refractivity contribution in [1.29, 1.82) is 0 Å². The van der Waals surface area contributed by atoms with E-state index in [1.165, 1.54) is 11.3 Å². The molecule has 0 aliphatic carbocycles. The van der Waals surface area contributed by atoms with Crippen LogP contribution in [0.3, 0.4) is 0 Å². The number of aryl methyl sites for hydroxylation is 2. The second kappa shape index (κ2) is 7.84. The van der Waals surface area contributed by atoms with Crippen LogP contribution >= 0.6 is 11.3 Å². The molecule has 0 spiro atoms. The Kier molecular flexibility index (Phi) is 5.34. The number of rotatable bonds is 6. The molecule has 25 heavy (non-hydrogen) atoms. The number of nitrogens with one attached hydrogen (secondary N) is 3. The molecule has 0 aliphatic heterocycles. The Morgan fingerprint density at radius 1 is 1.32 bits per heavy atom. The third-order valence-corrected chi connectivity index (χ3v) is 4.34. The van der Waals surface area contributed by atoms with Gasteiger partial charge in [-0.2, -0.15) is 5.10 Å². The molecule has 3 aromatic rings. The minimum Gasteiger partial charge on any atom is -0.337 e. The maximum Gasteiger partial charge on any atom is 0.319 e. The highest BCUT2D eigenvalue weighted by atomic mass is 32.1. The number of anilines is 1. The number of aromatic amines is 1. The minimum atomic E-state index is -0.261. The number of benzene rings is 1. The summed E-state index contributed by atoms with van der Waals surface area (Å²) in [4.78, 5) is 16.4. The van der Waals surface area contributed by atoms with E-state index in [0.29, 0.717) is 24.5 Å². The second-order valence-electron chi connectivity index (χ2n) is 5.39. The molecule has 3 rings (SSSR count). The maximum atomic E-state index is 12.0. The van der Waals surface area contributed by atoms with E-state index in [1.807, 2.05) is 38.1 Å². The number of H-pyrrole nitrogens is 1. The quantitative estimate of drug-likeness (QED) is 0.628. The Labute approximate surface area is 149 Å². The Hall–Kier alpha value is -2.81. The highest BCUT2D eigenvalue weighted by molar-refractivity contribution is 7.11. The summed E-state index contributed by atoms with van der Waals surface area (Å²) >= 11 is 1.54. The van der Waals surface area contributed by atoms with Gasteiger partial charge in [-0.1, -0.05) is 19.1 Å². The van der Waals surface area contributed by atoms with Gasteiger partial charge in [0.15, 0.2) is 5.82 Å². The lowest BCUT2D eigenvalue weighted by Crippen LogP contribution is -2.30. The smallest absolute Gasteiger partial charge is 0.319 e. The largest absolute Gasteiger partial charge is 0.337 e. The SMILES string of the molecule is CCc1nc(-c2cccc(NC(=O)NCCc3nnc(C)s3)c2)n[nH]1. The highest BCUT2D eigenvalue weighted by Gasteiger charge is 2.08. The van der Waals surface area contributed by atoms with Gasteiger partial charge in [0, 0.05) is 30.6 Å². The van der Waals surface area contributed by atoms with Crippen LogP contribution in [0.1, 0.15) is 22.8 Å². The van der Waals surface area contributed by atoms with Gasteiger partial charge in [0.05, 0.1) is 0 Å². The summed E-state index contributed by atoms with van der Waals surface area (Å²) in [5.74, 6) is 1.45. The van der Waals surface area contributed by atoms with E-state index in [9.17, 15) is 4.79 Å². The Balaban J connectivity index is 1.55. The summed E-state index contributed by atoms with van der Waals surface area (Å²) in [5, 5.41) is 22.5. The first-order chi connectivity index (χ1) is 12.1. The van der Waals surface area contributed by atoms with Crippen molar-refractivity contribution < 1.29 is 4.79 Å². The van der Waals surface area contributed by atoms with Crippen LogP contribution in [0.15, 0.2) is 24.3 Å². The van der Waals surface area contributed by atoms with E-state index < -0.39 is 0 Å². The lowest BCUT2D eigenvalue weighted by molar-refractivity contribution is 0.252. The van der Waals surface area contributed by atoms with Crippen LogP contribution < -0.4 is 10.6 Å². The van der Waals surface area contributed by atoms with Gasteiger partial charge in [0.2, 0.25) is 0 Å². The van der Waals surface area contributed by atoms with Crippen LogP contribution in [0.4, 0.5) is 10.5 Å². The lowest BCUT2D eigenvalue weighted by atomic mass is 10.2. The van der Waals surface area contributed by atoms with E-state index >= 15 is 0 Å². The number of aromatic nitrogens is 5. The number of carbonyl (C=O) groups is 1. The zero-order valence-electron chi connectivity index (χ0n) is 14.0. The van der Waals surface area contributed by atoms with Crippen molar-refractivity contribution in [1.82, 2.24) is 30.7 Å². The number of hydrogen-bond acceptors (Lipinski definition) is 6. The van der Waals surface area contributed by atoms with Crippen molar-refractivity contribution in [2.75, 3.05) is 11.9 Å². The number of urea groups is 1. The van der Waals surface area contributed by atoms with Gasteiger partial charge in [0.1, 0.15) is 15.8 Å². The summed E-state index contributed by atoms with van der Waals surface area (Å²) < 4.78 is 0. The van der Waals surface area contributed by atoms with Crippen molar-refractivity contribution in [2.45, 2.75) is 26.7 Å². The molecular formula is C16H19N7OS. The van der Waals surface area contributed by atoms with Crippen LogP contribution in [0.2, 0.25) is 0 Å². The average molecular weight is 357 g/mol.